The van der Waals surface area contributed by atoms with Gasteiger partial charge in [-0.15, -0.1) is 0 Å². The molecule has 6 nitrogen and oxygen atoms in total. The zero-order valence-electron chi connectivity index (χ0n) is 37.6. The van der Waals surface area contributed by atoms with Crippen LogP contribution in [0.15, 0.2) is 48.6 Å². The van der Waals surface area contributed by atoms with Crippen LogP contribution in [-0.2, 0) is 28.6 Å². The molecule has 330 valence electrons. The first kappa shape index (κ1) is 54.4. The molecule has 0 aliphatic heterocycles. The summed E-state index contributed by atoms with van der Waals surface area (Å²) in [6.45, 7) is 6.48. The predicted molar refractivity (Wildman–Crippen MR) is 242 cm³/mol. The molecule has 1 atom stereocenters. The summed E-state index contributed by atoms with van der Waals surface area (Å²) in [5.74, 6) is -0.904. The zero-order valence-corrected chi connectivity index (χ0v) is 37.6. The average Bonchev–Trinajstić information content (AvgIpc) is 3.21. The van der Waals surface area contributed by atoms with Crippen molar-refractivity contribution >= 4 is 17.9 Å². The number of carbonyl (C=O) groups excluding carboxylic acids is 3. The Morgan fingerprint density at radius 3 is 1.11 bits per heavy atom. The van der Waals surface area contributed by atoms with Gasteiger partial charge in [-0.3, -0.25) is 14.4 Å². The molecule has 6 heteroatoms. The summed E-state index contributed by atoms with van der Waals surface area (Å²) in [4.78, 5) is 37.8. The van der Waals surface area contributed by atoms with Gasteiger partial charge in [0.25, 0.3) is 0 Å². The van der Waals surface area contributed by atoms with Crippen molar-refractivity contribution in [3.63, 3.8) is 0 Å². The van der Waals surface area contributed by atoms with E-state index in [1.165, 1.54) is 96.3 Å². The molecule has 57 heavy (non-hydrogen) atoms. The average molecular weight is 799 g/mol. The van der Waals surface area contributed by atoms with Crippen molar-refractivity contribution in [2.24, 2.45) is 0 Å². The normalized spacial score (nSPS) is 12.4. The highest BCUT2D eigenvalue weighted by molar-refractivity contribution is 5.71. The molecule has 0 radical (unpaired) electrons. The molecule has 0 heterocycles. The number of hydrogen-bond acceptors (Lipinski definition) is 6. The summed E-state index contributed by atoms with van der Waals surface area (Å²) in [6, 6.07) is 0. The van der Waals surface area contributed by atoms with E-state index in [9.17, 15) is 14.4 Å². The zero-order chi connectivity index (χ0) is 41.5. The largest absolute Gasteiger partial charge is 0.462 e. The molecule has 0 saturated carbocycles. The third kappa shape index (κ3) is 44.3. The van der Waals surface area contributed by atoms with Crippen molar-refractivity contribution in [1.82, 2.24) is 0 Å². The first-order valence-corrected chi connectivity index (χ1v) is 24.1. The van der Waals surface area contributed by atoms with Gasteiger partial charge in [-0.05, 0) is 77.0 Å². The van der Waals surface area contributed by atoms with E-state index in [-0.39, 0.29) is 31.1 Å². The van der Waals surface area contributed by atoms with Gasteiger partial charge in [0.15, 0.2) is 6.10 Å². The Labute approximate surface area is 352 Å². The Bertz CT molecular complexity index is 1010. The molecule has 0 aliphatic rings. The van der Waals surface area contributed by atoms with Crippen LogP contribution in [0.3, 0.4) is 0 Å². The van der Waals surface area contributed by atoms with Gasteiger partial charge in [-0.1, -0.05) is 191 Å². The van der Waals surface area contributed by atoms with Crippen LogP contribution in [0.4, 0.5) is 0 Å². The van der Waals surface area contributed by atoms with Crippen molar-refractivity contribution in [2.75, 3.05) is 13.2 Å². The fourth-order valence-corrected chi connectivity index (χ4v) is 6.69. The summed E-state index contributed by atoms with van der Waals surface area (Å²) in [5, 5.41) is 0. The molecule has 0 bridgehead atoms. The summed E-state index contributed by atoms with van der Waals surface area (Å²) in [6.07, 6.45) is 53.7. The minimum absolute atomic E-state index is 0.0814. The topological polar surface area (TPSA) is 78.9 Å². The van der Waals surface area contributed by atoms with E-state index in [1.807, 2.05) is 0 Å². The van der Waals surface area contributed by atoms with E-state index in [0.29, 0.717) is 19.3 Å². The molecule has 0 spiro atoms. The number of ether oxygens (including phenoxy) is 3. The second-order valence-electron chi connectivity index (χ2n) is 16.0. The third-order valence-corrected chi connectivity index (χ3v) is 10.3. The molecule has 0 aromatic carbocycles. The monoisotopic (exact) mass is 799 g/mol. The maximum absolute atomic E-state index is 12.7. The molecule has 0 N–H and O–H groups in total. The van der Waals surface area contributed by atoms with Gasteiger partial charge in [0.05, 0.1) is 0 Å². The van der Waals surface area contributed by atoms with E-state index in [1.54, 1.807) is 0 Å². The fourth-order valence-electron chi connectivity index (χ4n) is 6.69. The van der Waals surface area contributed by atoms with E-state index in [2.05, 4.69) is 69.4 Å². The van der Waals surface area contributed by atoms with Crippen LogP contribution in [-0.4, -0.2) is 37.2 Å². The van der Waals surface area contributed by atoms with Crippen LogP contribution in [0.5, 0.6) is 0 Å². The summed E-state index contributed by atoms with van der Waals surface area (Å²) in [7, 11) is 0. The van der Waals surface area contributed by atoms with Crippen LogP contribution in [0, 0.1) is 0 Å². The highest BCUT2D eigenvalue weighted by Gasteiger charge is 2.19. The van der Waals surface area contributed by atoms with E-state index < -0.39 is 6.10 Å². The lowest BCUT2D eigenvalue weighted by Gasteiger charge is -2.18. The van der Waals surface area contributed by atoms with Gasteiger partial charge in [0.1, 0.15) is 13.2 Å². The van der Waals surface area contributed by atoms with Gasteiger partial charge in [0, 0.05) is 19.3 Å². The molecule has 0 aliphatic carbocycles. The molecule has 0 fully saturated rings. The number of unbranched alkanes of at least 4 members (excludes halogenated alkanes) is 24. The lowest BCUT2D eigenvalue weighted by Crippen LogP contribution is -2.30. The van der Waals surface area contributed by atoms with Crippen LogP contribution < -0.4 is 0 Å². The lowest BCUT2D eigenvalue weighted by atomic mass is 10.1. The van der Waals surface area contributed by atoms with E-state index in [4.69, 9.17) is 14.2 Å². The van der Waals surface area contributed by atoms with Gasteiger partial charge in [-0.25, -0.2) is 0 Å². The first-order valence-electron chi connectivity index (χ1n) is 24.1. The number of esters is 3. The van der Waals surface area contributed by atoms with Crippen molar-refractivity contribution in [3.05, 3.63) is 48.6 Å². The Morgan fingerprint density at radius 1 is 0.368 bits per heavy atom. The minimum Gasteiger partial charge on any atom is -0.462 e. The Morgan fingerprint density at radius 2 is 0.684 bits per heavy atom. The van der Waals surface area contributed by atoms with Gasteiger partial charge < -0.3 is 14.2 Å². The predicted octanol–water partition coefficient (Wildman–Crippen LogP) is 15.5. The Hall–Kier alpha value is -2.63. The molecular weight excluding hydrogens is 709 g/mol. The maximum atomic E-state index is 12.7. The van der Waals surface area contributed by atoms with E-state index in [0.717, 1.165) is 103 Å². The number of allylic oxidation sites excluding steroid dienone is 8. The number of carbonyl (C=O) groups is 3. The third-order valence-electron chi connectivity index (χ3n) is 10.3. The molecule has 0 rings (SSSR count). The van der Waals surface area contributed by atoms with Crippen molar-refractivity contribution in [3.8, 4) is 0 Å². The molecular formula is C51H90O6. The lowest BCUT2D eigenvalue weighted by molar-refractivity contribution is -0.167. The smallest absolute Gasteiger partial charge is 0.306 e. The summed E-state index contributed by atoms with van der Waals surface area (Å²) in [5.41, 5.74) is 0. The Kier molecular flexibility index (Phi) is 43.9. The van der Waals surface area contributed by atoms with Gasteiger partial charge in [-0.2, -0.15) is 0 Å². The Balaban J connectivity index is 4.39. The molecule has 0 saturated heterocycles. The van der Waals surface area contributed by atoms with E-state index >= 15 is 0 Å². The number of rotatable bonds is 43. The van der Waals surface area contributed by atoms with Crippen LogP contribution >= 0.6 is 0 Å². The van der Waals surface area contributed by atoms with Gasteiger partial charge >= 0.3 is 17.9 Å². The van der Waals surface area contributed by atoms with Crippen molar-refractivity contribution in [2.45, 2.75) is 245 Å². The molecule has 0 amide bonds. The van der Waals surface area contributed by atoms with Crippen LogP contribution in [0.2, 0.25) is 0 Å². The van der Waals surface area contributed by atoms with Gasteiger partial charge in [0.2, 0.25) is 0 Å². The number of hydrogen-bond donors (Lipinski definition) is 0. The van der Waals surface area contributed by atoms with Crippen molar-refractivity contribution < 1.29 is 28.6 Å². The van der Waals surface area contributed by atoms with Crippen LogP contribution in [0.1, 0.15) is 239 Å². The minimum atomic E-state index is -0.778. The highest BCUT2D eigenvalue weighted by atomic mass is 16.6. The standard InChI is InChI=1S/C51H90O6/c1-4-7-10-13-16-19-22-24-25-27-30-32-35-38-41-44-50(53)56-47-48(57-51(54)45-42-39-36-33-28-21-18-15-12-9-6-3)46-55-49(52)43-40-37-34-31-29-26-23-20-17-14-11-8-5-2/h7,10,16,19-20,23-25,48H,4-6,8-9,11-15,17-18,21-22,26-47H2,1-3H3/b10-7-,19-16-,23-20-,25-24-/t48-/m0/s1. The highest BCUT2D eigenvalue weighted by Crippen LogP contribution is 2.14. The second kappa shape index (κ2) is 46.1. The summed E-state index contributed by atoms with van der Waals surface area (Å²) >= 11 is 0. The fraction of sp³-hybridized carbons (Fsp3) is 0.784. The SMILES string of the molecule is CC/C=C\C/C=C\C/C=C\CCCCCCCC(=O)OC[C@H](COC(=O)CCCCCCC/C=C\CCCCCC)OC(=O)CCCCCCCCCCCCC. The van der Waals surface area contributed by atoms with Crippen LogP contribution in [0.25, 0.3) is 0 Å². The first-order chi connectivity index (χ1) is 28.0. The summed E-state index contributed by atoms with van der Waals surface area (Å²) < 4.78 is 16.7. The molecule has 0 aromatic rings. The maximum Gasteiger partial charge on any atom is 0.306 e. The molecule has 0 aromatic heterocycles. The van der Waals surface area contributed by atoms with Crippen molar-refractivity contribution in [1.29, 1.82) is 0 Å². The quantitative estimate of drug-likeness (QED) is 0.0265. The molecule has 0 unspecified atom stereocenters. The second-order valence-corrected chi connectivity index (χ2v) is 16.0.